The Morgan fingerprint density at radius 3 is 2.56 bits per heavy atom. The van der Waals surface area contributed by atoms with E-state index in [2.05, 4.69) is 10.3 Å². The van der Waals surface area contributed by atoms with E-state index in [1.54, 1.807) is 25.2 Å². The summed E-state index contributed by atoms with van der Waals surface area (Å²) in [6, 6.07) is 14.6. The lowest BCUT2D eigenvalue weighted by atomic mass is 10.1. The van der Waals surface area contributed by atoms with Crippen molar-refractivity contribution in [3.05, 3.63) is 59.9 Å². The zero-order chi connectivity index (χ0) is 17.8. The molecule has 3 rings (SSSR count). The average Bonchev–Trinajstić information content (AvgIpc) is 2.64. The molecule has 0 amide bonds. The number of aromatic hydroxyl groups is 1. The molecule has 0 bridgehead atoms. The molecule has 0 aliphatic heterocycles. The molecule has 3 aromatic rings. The molecule has 0 saturated carbocycles. The van der Waals surface area contributed by atoms with Crippen LogP contribution in [0, 0.1) is 0 Å². The van der Waals surface area contributed by atoms with Crippen molar-refractivity contribution in [2.75, 3.05) is 14.2 Å². The van der Waals surface area contributed by atoms with E-state index < -0.39 is 5.97 Å². The Morgan fingerprint density at radius 2 is 1.88 bits per heavy atom. The SMILES string of the molecule is CNCc1nc(C(=O)OC)c(O)c2ccc(Oc3ccccc3)cc12. The van der Waals surface area contributed by atoms with Crippen LogP contribution < -0.4 is 10.1 Å². The molecule has 128 valence electrons. The number of carbonyl (C=O) groups is 1. The summed E-state index contributed by atoms with van der Waals surface area (Å²) >= 11 is 0. The molecule has 6 nitrogen and oxygen atoms in total. The first-order chi connectivity index (χ1) is 12.1. The number of hydrogen-bond acceptors (Lipinski definition) is 6. The molecule has 0 spiro atoms. The van der Waals surface area contributed by atoms with Crippen molar-refractivity contribution in [1.82, 2.24) is 10.3 Å². The van der Waals surface area contributed by atoms with Gasteiger partial charge in [-0.15, -0.1) is 0 Å². The largest absolute Gasteiger partial charge is 0.505 e. The first-order valence-electron chi connectivity index (χ1n) is 7.75. The molecule has 1 heterocycles. The van der Waals surface area contributed by atoms with Gasteiger partial charge in [-0.1, -0.05) is 18.2 Å². The summed E-state index contributed by atoms with van der Waals surface area (Å²) in [5, 5.41) is 14.6. The molecule has 0 aliphatic rings. The predicted octanol–water partition coefficient (Wildman–Crippen LogP) is 3.24. The molecule has 2 N–H and O–H groups in total. The van der Waals surface area contributed by atoms with E-state index in [9.17, 15) is 9.90 Å². The van der Waals surface area contributed by atoms with E-state index >= 15 is 0 Å². The van der Waals surface area contributed by atoms with Crippen LogP contribution in [0.15, 0.2) is 48.5 Å². The third-order valence-electron chi connectivity index (χ3n) is 3.73. The Bertz CT molecular complexity index is 910. The minimum absolute atomic E-state index is 0.100. The van der Waals surface area contributed by atoms with Gasteiger partial charge in [-0.3, -0.25) is 0 Å². The van der Waals surface area contributed by atoms with E-state index in [0.29, 0.717) is 34.5 Å². The highest BCUT2D eigenvalue weighted by molar-refractivity contribution is 6.00. The number of pyridine rings is 1. The number of esters is 1. The molecule has 25 heavy (non-hydrogen) atoms. The van der Waals surface area contributed by atoms with E-state index in [4.69, 9.17) is 9.47 Å². The van der Waals surface area contributed by atoms with Gasteiger partial charge in [-0.05, 0) is 37.4 Å². The molecule has 2 aromatic carbocycles. The highest BCUT2D eigenvalue weighted by Crippen LogP contribution is 2.34. The maximum absolute atomic E-state index is 11.9. The highest BCUT2D eigenvalue weighted by atomic mass is 16.5. The summed E-state index contributed by atoms with van der Waals surface area (Å²) in [6.07, 6.45) is 0. The second-order valence-corrected chi connectivity index (χ2v) is 5.40. The fourth-order valence-corrected chi connectivity index (χ4v) is 2.57. The predicted molar refractivity (Wildman–Crippen MR) is 94.0 cm³/mol. The van der Waals surface area contributed by atoms with Gasteiger partial charge >= 0.3 is 5.97 Å². The number of rotatable bonds is 5. The Kier molecular flexibility index (Phi) is 4.81. The molecule has 0 aliphatic carbocycles. The number of aromatic nitrogens is 1. The zero-order valence-corrected chi connectivity index (χ0v) is 13.9. The van der Waals surface area contributed by atoms with Gasteiger partial charge in [0.15, 0.2) is 11.4 Å². The number of ether oxygens (including phenoxy) is 2. The minimum Gasteiger partial charge on any atom is -0.505 e. The fraction of sp³-hybridized carbons (Fsp3) is 0.158. The maximum Gasteiger partial charge on any atom is 0.360 e. The van der Waals surface area contributed by atoms with Gasteiger partial charge in [0.1, 0.15) is 11.5 Å². The molecule has 0 fully saturated rings. The molecular weight excluding hydrogens is 320 g/mol. The first kappa shape index (κ1) is 16.7. The van der Waals surface area contributed by atoms with Crippen molar-refractivity contribution >= 4 is 16.7 Å². The molecule has 0 atom stereocenters. The van der Waals surface area contributed by atoms with Crippen LogP contribution >= 0.6 is 0 Å². The summed E-state index contributed by atoms with van der Waals surface area (Å²) in [5.41, 5.74) is 0.520. The van der Waals surface area contributed by atoms with E-state index in [1.807, 2.05) is 30.3 Å². The molecular formula is C19H18N2O4. The normalized spacial score (nSPS) is 10.6. The van der Waals surface area contributed by atoms with Crippen molar-refractivity contribution in [1.29, 1.82) is 0 Å². The summed E-state index contributed by atoms with van der Waals surface area (Å²) in [7, 11) is 3.03. The van der Waals surface area contributed by atoms with Crippen molar-refractivity contribution in [3.63, 3.8) is 0 Å². The van der Waals surface area contributed by atoms with Crippen LogP contribution in [-0.4, -0.2) is 30.2 Å². The molecule has 0 unspecified atom stereocenters. The minimum atomic E-state index is -0.679. The Balaban J connectivity index is 2.11. The number of benzene rings is 2. The van der Waals surface area contributed by atoms with Gasteiger partial charge in [0.2, 0.25) is 0 Å². The van der Waals surface area contributed by atoms with Gasteiger partial charge in [-0.25, -0.2) is 9.78 Å². The summed E-state index contributed by atoms with van der Waals surface area (Å²) in [6.45, 7) is 0.426. The number of para-hydroxylation sites is 1. The number of methoxy groups -OCH3 is 1. The number of carbonyl (C=O) groups excluding carboxylic acids is 1. The monoisotopic (exact) mass is 338 g/mol. The summed E-state index contributed by atoms with van der Waals surface area (Å²) in [5.74, 6) is 0.442. The van der Waals surface area contributed by atoms with Crippen LogP contribution in [0.1, 0.15) is 16.2 Å². The number of fused-ring (bicyclic) bond motifs is 1. The van der Waals surface area contributed by atoms with Crippen LogP contribution in [-0.2, 0) is 11.3 Å². The second-order valence-electron chi connectivity index (χ2n) is 5.40. The summed E-state index contributed by atoms with van der Waals surface area (Å²) in [4.78, 5) is 16.1. The lowest BCUT2D eigenvalue weighted by Crippen LogP contribution is -2.12. The Morgan fingerprint density at radius 1 is 1.12 bits per heavy atom. The molecule has 1 aromatic heterocycles. The van der Waals surface area contributed by atoms with Crippen molar-refractivity contribution in [2.24, 2.45) is 0 Å². The third kappa shape index (κ3) is 3.39. The topological polar surface area (TPSA) is 80.7 Å². The number of nitrogens with one attached hydrogen (secondary N) is 1. The van der Waals surface area contributed by atoms with Gasteiger partial charge < -0.3 is 19.9 Å². The maximum atomic E-state index is 11.9. The number of nitrogens with zero attached hydrogens (tertiary/aromatic N) is 1. The lowest BCUT2D eigenvalue weighted by Gasteiger charge is -2.13. The van der Waals surface area contributed by atoms with Crippen LogP contribution in [0.3, 0.4) is 0 Å². The highest BCUT2D eigenvalue weighted by Gasteiger charge is 2.20. The van der Waals surface area contributed by atoms with Crippen LogP contribution in [0.4, 0.5) is 0 Å². The number of hydrogen-bond donors (Lipinski definition) is 2. The van der Waals surface area contributed by atoms with Crippen molar-refractivity contribution < 1.29 is 19.4 Å². The van der Waals surface area contributed by atoms with E-state index in [1.165, 1.54) is 7.11 Å². The van der Waals surface area contributed by atoms with E-state index in [0.717, 1.165) is 0 Å². The smallest absolute Gasteiger partial charge is 0.360 e. The summed E-state index contributed by atoms with van der Waals surface area (Å²) < 4.78 is 10.5. The molecule has 6 heteroatoms. The van der Waals surface area contributed by atoms with Crippen molar-refractivity contribution in [3.8, 4) is 17.2 Å². The second kappa shape index (κ2) is 7.19. The molecule has 0 radical (unpaired) electrons. The van der Waals surface area contributed by atoms with Gasteiger partial charge in [0.05, 0.1) is 12.8 Å². The Labute approximate surface area is 145 Å². The third-order valence-corrected chi connectivity index (χ3v) is 3.73. The zero-order valence-electron chi connectivity index (χ0n) is 13.9. The van der Waals surface area contributed by atoms with Crippen LogP contribution in [0.5, 0.6) is 17.2 Å². The standard InChI is InChI=1S/C19H18N2O4/c1-20-11-16-15-10-13(25-12-6-4-3-5-7-12)8-9-14(15)18(22)17(21-16)19(23)24-2/h3-10,20,22H,11H2,1-2H3. The quantitative estimate of drug-likeness (QED) is 0.695. The lowest BCUT2D eigenvalue weighted by molar-refractivity contribution is 0.0590. The van der Waals surface area contributed by atoms with E-state index in [-0.39, 0.29) is 11.4 Å². The van der Waals surface area contributed by atoms with Crippen molar-refractivity contribution in [2.45, 2.75) is 6.54 Å². The van der Waals surface area contributed by atoms with Crippen LogP contribution in [0.25, 0.3) is 10.8 Å². The van der Waals surface area contributed by atoms with Gasteiger partial charge in [0, 0.05) is 17.3 Å². The van der Waals surface area contributed by atoms with Gasteiger partial charge in [0.25, 0.3) is 0 Å². The Hall–Kier alpha value is -3.12. The molecule has 0 saturated heterocycles. The fourth-order valence-electron chi connectivity index (χ4n) is 2.57. The first-order valence-corrected chi connectivity index (χ1v) is 7.75. The van der Waals surface area contributed by atoms with Crippen LogP contribution in [0.2, 0.25) is 0 Å². The average molecular weight is 338 g/mol. The van der Waals surface area contributed by atoms with Gasteiger partial charge in [-0.2, -0.15) is 0 Å².